The summed E-state index contributed by atoms with van der Waals surface area (Å²) < 4.78 is 16.0. The first-order valence-electron chi connectivity index (χ1n) is 10.7. The van der Waals surface area contributed by atoms with E-state index < -0.39 is 0 Å². The van der Waals surface area contributed by atoms with Gasteiger partial charge in [0.2, 0.25) is 0 Å². The lowest BCUT2D eigenvalue weighted by atomic mass is 9.73. The molecule has 0 bridgehead atoms. The van der Waals surface area contributed by atoms with Crippen LogP contribution in [0.4, 0.5) is 4.39 Å². The third-order valence-corrected chi connectivity index (χ3v) is 7.18. The van der Waals surface area contributed by atoms with Crippen molar-refractivity contribution in [2.24, 2.45) is 13.0 Å². The Morgan fingerprint density at radius 1 is 1.03 bits per heavy atom. The molecule has 1 aliphatic carbocycles. The minimum atomic E-state index is -0.194. The van der Waals surface area contributed by atoms with Gasteiger partial charge in [0, 0.05) is 29.6 Å². The summed E-state index contributed by atoms with van der Waals surface area (Å²) >= 11 is 6.18. The Labute approximate surface area is 180 Å². The van der Waals surface area contributed by atoms with Gasteiger partial charge in [-0.3, -0.25) is 4.98 Å². The van der Waals surface area contributed by atoms with Crippen LogP contribution in [0.1, 0.15) is 55.8 Å². The van der Waals surface area contributed by atoms with Crippen molar-refractivity contribution in [3.8, 4) is 0 Å². The summed E-state index contributed by atoms with van der Waals surface area (Å²) in [6.45, 7) is 2.30. The molecule has 0 amide bonds. The van der Waals surface area contributed by atoms with E-state index in [2.05, 4.69) is 29.6 Å². The lowest BCUT2D eigenvalue weighted by molar-refractivity contribution is 0.283. The minimum Gasteiger partial charge on any atom is -0.331 e. The van der Waals surface area contributed by atoms with E-state index in [-0.39, 0.29) is 5.82 Å². The molecular formula is C25H25ClFN3. The zero-order chi connectivity index (χ0) is 20.8. The highest BCUT2D eigenvalue weighted by atomic mass is 35.5. The van der Waals surface area contributed by atoms with E-state index >= 15 is 0 Å². The molecule has 1 saturated carbocycles. The molecule has 0 aliphatic heterocycles. The van der Waals surface area contributed by atoms with Crippen LogP contribution in [0.2, 0.25) is 5.02 Å². The van der Waals surface area contributed by atoms with Crippen LogP contribution in [-0.2, 0) is 7.05 Å². The summed E-state index contributed by atoms with van der Waals surface area (Å²) in [5, 5.41) is 1.70. The van der Waals surface area contributed by atoms with Crippen LogP contribution < -0.4 is 0 Å². The maximum Gasteiger partial charge on any atom is 0.123 e. The smallest absolute Gasteiger partial charge is 0.123 e. The highest BCUT2D eigenvalue weighted by Crippen LogP contribution is 2.43. The van der Waals surface area contributed by atoms with Gasteiger partial charge < -0.3 is 4.57 Å². The molecule has 0 saturated heterocycles. The molecule has 0 N–H and O–H groups in total. The maximum absolute atomic E-state index is 13.8. The molecule has 5 heteroatoms. The monoisotopic (exact) mass is 421 g/mol. The fraction of sp³-hybridized carbons (Fsp3) is 0.360. The summed E-state index contributed by atoms with van der Waals surface area (Å²) in [4.78, 5) is 9.32. The topological polar surface area (TPSA) is 30.7 Å². The zero-order valence-electron chi connectivity index (χ0n) is 17.3. The van der Waals surface area contributed by atoms with Crippen LogP contribution in [0.15, 0.2) is 48.7 Å². The number of hydrogen-bond donors (Lipinski definition) is 0. The van der Waals surface area contributed by atoms with Gasteiger partial charge in [-0.05, 0) is 85.5 Å². The summed E-state index contributed by atoms with van der Waals surface area (Å²) in [7, 11) is 2.08. The van der Waals surface area contributed by atoms with Gasteiger partial charge in [-0.2, -0.15) is 0 Å². The molecule has 30 heavy (non-hydrogen) atoms. The average molecular weight is 422 g/mol. The molecule has 0 radical (unpaired) electrons. The number of hydrogen-bond acceptors (Lipinski definition) is 2. The third kappa shape index (κ3) is 3.37. The Bertz CT molecular complexity index is 1220. The van der Waals surface area contributed by atoms with Crippen molar-refractivity contribution in [2.75, 3.05) is 0 Å². The van der Waals surface area contributed by atoms with E-state index in [1.54, 1.807) is 12.1 Å². The van der Waals surface area contributed by atoms with Crippen LogP contribution in [0.25, 0.3) is 21.9 Å². The SMILES string of the molecule is C[C@H](c1nc2ccc(Cl)cc2n1C)C1CCC(c2ccnc3ccc(F)cc23)CC1. The molecule has 0 unspecified atom stereocenters. The van der Waals surface area contributed by atoms with E-state index in [1.165, 1.54) is 11.6 Å². The molecule has 3 nitrogen and oxygen atoms in total. The first-order chi connectivity index (χ1) is 14.5. The minimum absolute atomic E-state index is 0.194. The van der Waals surface area contributed by atoms with Crippen LogP contribution in [-0.4, -0.2) is 14.5 Å². The third-order valence-electron chi connectivity index (χ3n) is 6.94. The van der Waals surface area contributed by atoms with Gasteiger partial charge in [-0.15, -0.1) is 0 Å². The largest absolute Gasteiger partial charge is 0.331 e. The van der Waals surface area contributed by atoms with Gasteiger partial charge in [-0.1, -0.05) is 18.5 Å². The van der Waals surface area contributed by atoms with E-state index in [0.29, 0.717) is 17.8 Å². The molecule has 4 aromatic rings. The first kappa shape index (κ1) is 19.5. The molecule has 2 heterocycles. The average Bonchev–Trinajstić information content (AvgIpc) is 3.09. The second kappa shape index (κ2) is 7.66. The van der Waals surface area contributed by atoms with Crippen LogP contribution in [0.5, 0.6) is 0 Å². The van der Waals surface area contributed by atoms with E-state index in [0.717, 1.165) is 58.5 Å². The van der Waals surface area contributed by atoms with Gasteiger partial charge in [0.25, 0.3) is 0 Å². The summed E-state index contributed by atoms with van der Waals surface area (Å²) in [6, 6.07) is 12.9. The van der Waals surface area contributed by atoms with E-state index in [1.807, 2.05) is 24.4 Å². The predicted octanol–water partition coefficient (Wildman–Crippen LogP) is 6.99. The standard InChI is InChI=1S/C25H25ClFN3/c1-15(25-29-23-9-7-18(26)13-24(23)30(25)2)16-3-5-17(6-4-16)20-11-12-28-22-10-8-19(27)14-21(20)22/h7-17H,3-6H2,1-2H3/t15-,16?,17?/m0/s1. The molecule has 2 aromatic carbocycles. The normalized spacial score (nSPS) is 20.7. The molecule has 2 aromatic heterocycles. The van der Waals surface area contributed by atoms with Crippen molar-refractivity contribution in [1.82, 2.24) is 14.5 Å². The van der Waals surface area contributed by atoms with Crippen molar-refractivity contribution >= 4 is 33.5 Å². The summed E-state index contributed by atoms with van der Waals surface area (Å²) in [5.41, 5.74) is 4.21. The molecule has 1 fully saturated rings. The van der Waals surface area contributed by atoms with Gasteiger partial charge in [0.1, 0.15) is 11.6 Å². The van der Waals surface area contributed by atoms with E-state index in [4.69, 9.17) is 16.6 Å². The Hall–Kier alpha value is -2.46. The lowest BCUT2D eigenvalue weighted by Crippen LogP contribution is -2.20. The number of rotatable bonds is 3. The van der Waals surface area contributed by atoms with Crippen LogP contribution in [0, 0.1) is 11.7 Å². The molecule has 5 rings (SSSR count). The Morgan fingerprint density at radius 2 is 1.80 bits per heavy atom. The highest BCUT2D eigenvalue weighted by Gasteiger charge is 2.30. The molecule has 1 atom stereocenters. The van der Waals surface area contributed by atoms with Crippen LogP contribution in [0.3, 0.4) is 0 Å². The van der Waals surface area contributed by atoms with E-state index in [9.17, 15) is 4.39 Å². The van der Waals surface area contributed by atoms with Crippen LogP contribution >= 0.6 is 11.6 Å². The number of imidazole rings is 1. The second-order valence-electron chi connectivity index (χ2n) is 8.62. The van der Waals surface area contributed by atoms with Gasteiger partial charge in [0.15, 0.2) is 0 Å². The first-order valence-corrected chi connectivity index (χ1v) is 11.0. The number of nitrogens with zero attached hydrogens (tertiary/aromatic N) is 3. The zero-order valence-corrected chi connectivity index (χ0v) is 18.0. The summed E-state index contributed by atoms with van der Waals surface area (Å²) in [6.07, 6.45) is 6.37. The highest BCUT2D eigenvalue weighted by molar-refractivity contribution is 6.31. The Balaban J connectivity index is 1.36. The predicted molar refractivity (Wildman–Crippen MR) is 121 cm³/mol. The van der Waals surface area contributed by atoms with Crippen molar-refractivity contribution < 1.29 is 4.39 Å². The number of pyridine rings is 1. The Kier molecular flexibility index (Phi) is 4.98. The van der Waals surface area contributed by atoms with Crippen molar-refractivity contribution in [2.45, 2.75) is 44.4 Å². The molecule has 154 valence electrons. The maximum atomic E-state index is 13.8. The second-order valence-corrected chi connectivity index (χ2v) is 9.06. The van der Waals surface area contributed by atoms with Crippen molar-refractivity contribution in [1.29, 1.82) is 0 Å². The summed E-state index contributed by atoms with van der Waals surface area (Å²) in [5.74, 6) is 2.37. The molecule has 0 spiro atoms. The quantitative estimate of drug-likeness (QED) is 0.356. The number of aromatic nitrogens is 3. The fourth-order valence-electron chi connectivity index (χ4n) is 5.23. The van der Waals surface area contributed by atoms with Gasteiger partial charge in [0.05, 0.1) is 16.6 Å². The molecular weight excluding hydrogens is 397 g/mol. The number of benzene rings is 2. The number of fused-ring (bicyclic) bond motifs is 2. The van der Waals surface area contributed by atoms with Gasteiger partial charge in [-0.25, -0.2) is 9.37 Å². The number of aryl methyl sites for hydroxylation is 1. The molecule has 1 aliphatic rings. The van der Waals surface area contributed by atoms with Gasteiger partial charge >= 0.3 is 0 Å². The van der Waals surface area contributed by atoms with Crippen molar-refractivity contribution in [3.05, 3.63) is 70.9 Å². The number of halogens is 2. The fourth-order valence-corrected chi connectivity index (χ4v) is 5.39. The lowest BCUT2D eigenvalue weighted by Gasteiger charge is -2.32. The van der Waals surface area contributed by atoms with Crippen molar-refractivity contribution in [3.63, 3.8) is 0 Å². The Morgan fingerprint density at radius 3 is 2.60 bits per heavy atom.